The molecule has 0 radical (unpaired) electrons. The van der Waals surface area contributed by atoms with Crippen molar-refractivity contribution in [3.63, 3.8) is 0 Å². The number of likely N-dealkylation sites (tertiary alicyclic amines) is 2. The molecule has 8 rings (SSSR count). The Morgan fingerprint density at radius 2 is 1.13 bits per heavy atom. The summed E-state index contributed by atoms with van der Waals surface area (Å²) in [6, 6.07) is 32.2. The molecule has 1 aliphatic carbocycles. The van der Waals surface area contributed by atoms with Crippen molar-refractivity contribution in [1.29, 1.82) is 0 Å². The molecule has 1 aromatic heterocycles. The molecule has 5 aromatic rings. The molecular weight excluding hydrogens is 651 g/mol. The van der Waals surface area contributed by atoms with Crippen LogP contribution in [0.15, 0.2) is 103 Å². The van der Waals surface area contributed by atoms with E-state index in [0.29, 0.717) is 43.2 Å². The summed E-state index contributed by atoms with van der Waals surface area (Å²) in [4.78, 5) is 60.2. The summed E-state index contributed by atoms with van der Waals surface area (Å²) in [5.74, 6) is 0.0675. The largest absolute Gasteiger partial charge is 0.354 e. The van der Waals surface area contributed by atoms with E-state index in [9.17, 15) is 19.2 Å². The third-order valence-electron chi connectivity index (χ3n) is 10.7. The van der Waals surface area contributed by atoms with Crippen LogP contribution in [0.4, 0.5) is 11.4 Å². The van der Waals surface area contributed by atoms with Crippen LogP contribution in [0.2, 0.25) is 0 Å². The maximum Gasteiger partial charge on any atom is 0.247 e. The fraction of sp³-hybridized carbons (Fsp3) is 0.302. The number of nitrogens with zero attached hydrogens (tertiary/aromatic N) is 2. The first-order valence-electron chi connectivity index (χ1n) is 18.5. The minimum absolute atomic E-state index is 0.0226. The summed E-state index contributed by atoms with van der Waals surface area (Å²) in [7, 11) is 0. The topological polar surface area (TPSA) is 115 Å². The second-order valence-corrected chi connectivity index (χ2v) is 14.3. The van der Waals surface area contributed by atoms with Gasteiger partial charge in [-0.25, -0.2) is 0 Å². The molecule has 1 unspecified atom stereocenters. The maximum absolute atomic E-state index is 13.5. The number of amides is 4. The zero-order valence-electron chi connectivity index (χ0n) is 29.1. The number of hydrogen-bond donors (Lipinski definition) is 3. The van der Waals surface area contributed by atoms with Crippen molar-refractivity contribution >= 4 is 45.9 Å². The van der Waals surface area contributed by atoms with Gasteiger partial charge in [-0.1, -0.05) is 72.8 Å². The van der Waals surface area contributed by atoms with Gasteiger partial charge in [-0.3, -0.25) is 19.2 Å². The van der Waals surface area contributed by atoms with Crippen LogP contribution in [-0.2, 0) is 32.0 Å². The zero-order chi connectivity index (χ0) is 35.6. The Balaban J connectivity index is 0.948. The Morgan fingerprint density at radius 3 is 1.67 bits per heavy atom. The molecule has 2 saturated heterocycles. The van der Waals surface area contributed by atoms with Crippen LogP contribution in [-0.4, -0.2) is 63.6 Å². The van der Waals surface area contributed by atoms with E-state index in [1.54, 1.807) is 9.80 Å². The lowest BCUT2D eigenvalue weighted by molar-refractivity contribution is -0.136. The van der Waals surface area contributed by atoms with Crippen molar-refractivity contribution in [1.82, 2.24) is 14.8 Å². The van der Waals surface area contributed by atoms with Crippen LogP contribution >= 0.6 is 0 Å². The zero-order valence-corrected chi connectivity index (χ0v) is 29.1. The van der Waals surface area contributed by atoms with Crippen molar-refractivity contribution in [3.8, 4) is 11.3 Å². The predicted molar refractivity (Wildman–Crippen MR) is 203 cm³/mol. The summed E-state index contributed by atoms with van der Waals surface area (Å²) < 4.78 is 0. The van der Waals surface area contributed by atoms with Gasteiger partial charge in [-0.2, -0.15) is 0 Å². The van der Waals surface area contributed by atoms with Crippen LogP contribution < -0.4 is 10.6 Å². The van der Waals surface area contributed by atoms with E-state index in [0.717, 1.165) is 59.0 Å². The molecule has 9 heteroatoms. The molecule has 264 valence electrons. The molecule has 2 aliphatic heterocycles. The van der Waals surface area contributed by atoms with Gasteiger partial charge in [0.15, 0.2) is 0 Å². The minimum atomic E-state index is -0.484. The van der Waals surface area contributed by atoms with Crippen molar-refractivity contribution < 1.29 is 19.2 Å². The van der Waals surface area contributed by atoms with Gasteiger partial charge >= 0.3 is 0 Å². The first-order valence-corrected chi connectivity index (χ1v) is 18.5. The molecule has 4 amide bonds. The summed E-state index contributed by atoms with van der Waals surface area (Å²) >= 11 is 0. The van der Waals surface area contributed by atoms with Crippen molar-refractivity contribution in [2.45, 2.75) is 69.4 Å². The lowest BCUT2D eigenvalue weighted by atomic mass is 10.0. The van der Waals surface area contributed by atoms with E-state index in [4.69, 9.17) is 0 Å². The number of carbonyl (C=O) groups excluding carboxylic acids is 4. The van der Waals surface area contributed by atoms with E-state index in [-0.39, 0.29) is 36.5 Å². The van der Waals surface area contributed by atoms with E-state index in [2.05, 4.69) is 15.6 Å². The molecule has 3 aliphatic rings. The van der Waals surface area contributed by atoms with Crippen molar-refractivity contribution in [3.05, 3.63) is 120 Å². The fourth-order valence-corrected chi connectivity index (χ4v) is 7.91. The van der Waals surface area contributed by atoms with Gasteiger partial charge in [-0.05, 0) is 97.0 Å². The fourth-order valence-electron chi connectivity index (χ4n) is 7.91. The van der Waals surface area contributed by atoms with Crippen LogP contribution in [0.3, 0.4) is 0 Å². The average Bonchev–Trinajstić information content (AvgIpc) is 3.52. The average molecular weight is 694 g/mol. The molecule has 0 bridgehead atoms. The molecule has 1 saturated carbocycles. The van der Waals surface area contributed by atoms with Gasteiger partial charge < -0.3 is 25.4 Å². The number of benzene rings is 4. The predicted octanol–water partition coefficient (Wildman–Crippen LogP) is 7.06. The normalized spacial score (nSPS) is 18.5. The number of carbonyl (C=O) groups is 4. The van der Waals surface area contributed by atoms with Gasteiger partial charge in [0.1, 0.15) is 12.1 Å². The Morgan fingerprint density at radius 1 is 0.615 bits per heavy atom. The number of nitrogens with one attached hydrogen (secondary N) is 3. The lowest BCUT2D eigenvalue weighted by Crippen LogP contribution is -2.43. The second-order valence-electron chi connectivity index (χ2n) is 14.3. The minimum Gasteiger partial charge on any atom is -0.354 e. The Labute approximate surface area is 303 Å². The number of aromatic nitrogens is 1. The summed E-state index contributed by atoms with van der Waals surface area (Å²) in [6.45, 7) is 1.18. The number of rotatable bonds is 10. The highest BCUT2D eigenvalue weighted by atomic mass is 16.2. The first kappa shape index (κ1) is 33.4. The molecule has 3 fully saturated rings. The highest BCUT2D eigenvalue weighted by molar-refractivity contribution is 6.01. The van der Waals surface area contributed by atoms with Gasteiger partial charge in [-0.15, -0.1) is 0 Å². The Hall–Kier alpha value is -5.70. The van der Waals surface area contributed by atoms with Crippen molar-refractivity contribution in [2.24, 2.45) is 0 Å². The summed E-state index contributed by atoms with van der Waals surface area (Å²) in [5.41, 5.74) is 7.59. The van der Waals surface area contributed by atoms with Crippen LogP contribution in [0.1, 0.15) is 61.1 Å². The third-order valence-corrected chi connectivity index (χ3v) is 10.7. The lowest BCUT2D eigenvalue weighted by Gasteiger charge is -2.24. The standard InChI is InChI=1S/C43H43N5O4/c49-38(25-28-9-3-1-4-10-28)47-23-7-13-36(47)42(51)44-32-19-17-31(18-20-32)41-40(30-15-16-30)34-27-33(21-22-35(34)46-41)45-43(52)37-14-8-24-48(37)39(50)26-29-11-5-2-6-12-29/h1-6,9-12,17-22,27,30,36-37,46H,7-8,13-16,23-26H2,(H,44,51)(H,45,52)/t36?,37-/m0/s1. The first-order chi connectivity index (χ1) is 25.4. The highest BCUT2D eigenvalue weighted by Crippen LogP contribution is 2.48. The number of anilines is 2. The monoisotopic (exact) mass is 693 g/mol. The maximum atomic E-state index is 13.5. The molecule has 3 N–H and O–H groups in total. The SMILES string of the molecule is O=C(Nc1ccc(-c2[nH]c3ccc(NC(=O)[C@@H]4CCCN4C(=O)Cc4ccccc4)cc3c2C2CC2)cc1)C1CCCN1C(=O)Cc1ccccc1. The van der Waals surface area contributed by atoms with E-state index in [1.807, 2.05) is 103 Å². The highest BCUT2D eigenvalue weighted by Gasteiger charge is 2.36. The molecule has 4 aromatic carbocycles. The quantitative estimate of drug-likeness (QED) is 0.145. The molecule has 2 atom stereocenters. The van der Waals surface area contributed by atoms with Crippen LogP contribution in [0.5, 0.6) is 0 Å². The number of hydrogen-bond acceptors (Lipinski definition) is 4. The number of aromatic amines is 1. The van der Waals surface area contributed by atoms with Crippen LogP contribution in [0, 0.1) is 0 Å². The third kappa shape index (κ3) is 7.08. The molecule has 9 nitrogen and oxygen atoms in total. The van der Waals surface area contributed by atoms with Gasteiger partial charge in [0.2, 0.25) is 23.6 Å². The van der Waals surface area contributed by atoms with Gasteiger partial charge in [0.25, 0.3) is 0 Å². The van der Waals surface area contributed by atoms with Gasteiger partial charge in [0.05, 0.1) is 12.8 Å². The molecular formula is C43H43N5O4. The van der Waals surface area contributed by atoms with E-state index in [1.165, 1.54) is 5.56 Å². The van der Waals surface area contributed by atoms with Crippen LogP contribution in [0.25, 0.3) is 22.2 Å². The summed E-state index contributed by atoms with van der Waals surface area (Å²) in [5, 5.41) is 7.25. The molecule has 52 heavy (non-hydrogen) atoms. The van der Waals surface area contributed by atoms with E-state index < -0.39 is 12.1 Å². The number of fused-ring (bicyclic) bond motifs is 1. The van der Waals surface area contributed by atoms with Crippen molar-refractivity contribution in [2.75, 3.05) is 23.7 Å². The molecule has 0 spiro atoms. The van der Waals surface area contributed by atoms with E-state index >= 15 is 0 Å². The number of H-pyrrole nitrogens is 1. The Kier molecular flexibility index (Phi) is 9.33. The molecule has 3 heterocycles. The van der Waals surface area contributed by atoms with Gasteiger partial charge in [0, 0.05) is 41.1 Å². The smallest absolute Gasteiger partial charge is 0.247 e. The Bertz CT molecular complexity index is 2110. The second kappa shape index (κ2) is 14.5. The summed E-state index contributed by atoms with van der Waals surface area (Å²) in [6.07, 6.45) is 5.70.